The second-order valence-electron chi connectivity index (χ2n) is 6.49. The highest BCUT2D eigenvalue weighted by atomic mass is 19.4. The number of halogens is 3. The van der Waals surface area contributed by atoms with Crippen molar-refractivity contribution in [3.05, 3.63) is 53.1 Å². The van der Waals surface area contributed by atoms with Gasteiger partial charge in [0, 0.05) is 24.6 Å². The molecule has 0 saturated heterocycles. The molecule has 2 aromatic rings. The van der Waals surface area contributed by atoms with E-state index in [1.807, 2.05) is 0 Å². The molecule has 0 radical (unpaired) electrons. The molecule has 1 aliphatic carbocycles. The minimum absolute atomic E-state index is 0.0949. The topological polar surface area (TPSA) is 64.1 Å². The van der Waals surface area contributed by atoms with Crippen molar-refractivity contribution in [1.82, 2.24) is 15.3 Å². The average Bonchev–Trinajstić information content (AvgIpc) is 3.46. The fourth-order valence-electron chi connectivity index (χ4n) is 2.67. The molecule has 3 rings (SSSR count). The number of methoxy groups -OCH3 is 1. The summed E-state index contributed by atoms with van der Waals surface area (Å²) in [5.41, 5.74) is 0.343. The zero-order chi connectivity index (χ0) is 19.4. The van der Waals surface area contributed by atoms with Crippen molar-refractivity contribution in [3.8, 4) is 5.75 Å². The van der Waals surface area contributed by atoms with E-state index in [1.54, 1.807) is 31.4 Å². The first kappa shape index (κ1) is 19.1. The van der Waals surface area contributed by atoms with Crippen LogP contribution in [-0.2, 0) is 23.8 Å². The van der Waals surface area contributed by atoms with Crippen LogP contribution in [0.5, 0.6) is 5.75 Å². The number of aromatic nitrogens is 2. The van der Waals surface area contributed by atoms with Crippen LogP contribution in [0, 0.1) is 0 Å². The van der Waals surface area contributed by atoms with Crippen molar-refractivity contribution in [2.45, 2.75) is 37.8 Å². The lowest BCUT2D eigenvalue weighted by atomic mass is 10.1. The Labute approximate surface area is 155 Å². The Morgan fingerprint density at radius 2 is 1.93 bits per heavy atom. The maximum absolute atomic E-state index is 13.0. The molecule has 0 unspecified atom stereocenters. The van der Waals surface area contributed by atoms with Gasteiger partial charge in [0.25, 0.3) is 0 Å². The normalized spacial score (nSPS) is 14.1. The Kier molecular flexibility index (Phi) is 5.62. The van der Waals surface area contributed by atoms with E-state index in [4.69, 9.17) is 4.74 Å². The van der Waals surface area contributed by atoms with Gasteiger partial charge in [-0.2, -0.15) is 13.2 Å². The Hall–Kier alpha value is -2.64. The first-order valence-electron chi connectivity index (χ1n) is 8.70. The molecule has 0 bridgehead atoms. The Balaban J connectivity index is 1.56. The molecule has 0 atom stereocenters. The Bertz CT molecular complexity index is 803. The number of carbonyl (C=O) groups is 1. The van der Waals surface area contributed by atoms with Crippen LogP contribution < -0.4 is 10.1 Å². The second kappa shape index (κ2) is 7.94. The molecular weight excluding hydrogens is 359 g/mol. The number of carbonyl (C=O) groups excluding carboxylic acids is 1. The lowest BCUT2D eigenvalue weighted by Gasteiger charge is -2.11. The molecule has 0 aliphatic heterocycles. The van der Waals surface area contributed by atoms with Gasteiger partial charge < -0.3 is 10.1 Å². The highest BCUT2D eigenvalue weighted by Gasteiger charge is 2.35. The fraction of sp³-hybridized carbons (Fsp3) is 0.421. The standard InChI is InChI=1S/C19H20F3N3O2/c1-27-14-6-2-12(3-7-14)10-18(26)23-9-8-17-24-15(13-4-5-13)11-16(25-17)19(20,21)22/h2-3,6-7,11,13H,4-5,8-10H2,1H3,(H,23,26). The number of alkyl halides is 3. The molecule has 1 amide bonds. The van der Waals surface area contributed by atoms with Crippen LogP contribution in [0.25, 0.3) is 0 Å². The second-order valence-corrected chi connectivity index (χ2v) is 6.49. The summed E-state index contributed by atoms with van der Waals surface area (Å²) in [4.78, 5) is 19.9. The summed E-state index contributed by atoms with van der Waals surface area (Å²) in [5, 5.41) is 2.70. The number of benzene rings is 1. The summed E-state index contributed by atoms with van der Waals surface area (Å²) >= 11 is 0. The van der Waals surface area contributed by atoms with E-state index >= 15 is 0 Å². The van der Waals surface area contributed by atoms with Crippen molar-refractivity contribution in [1.29, 1.82) is 0 Å². The van der Waals surface area contributed by atoms with Gasteiger partial charge in [-0.05, 0) is 36.6 Å². The summed E-state index contributed by atoms with van der Waals surface area (Å²) in [6, 6.07) is 8.13. The van der Waals surface area contributed by atoms with Gasteiger partial charge in [-0.3, -0.25) is 4.79 Å². The highest BCUT2D eigenvalue weighted by molar-refractivity contribution is 5.78. The third-order valence-electron chi connectivity index (χ3n) is 4.27. The number of rotatable bonds is 7. The van der Waals surface area contributed by atoms with Crippen molar-refractivity contribution in [2.75, 3.05) is 13.7 Å². The van der Waals surface area contributed by atoms with Gasteiger partial charge >= 0.3 is 6.18 Å². The van der Waals surface area contributed by atoms with Crippen molar-refractivity contribution in [3.63, 3.8) is 0 Å². The quantitative estimate of drug-likeness (QED) is 0.802. The molecule has 144 valence electrons. The summed E-state index contributed by atoms with van der Waals surface area (Å²) in [6.07, 6.45) is -2.46. The minimum Gasteiger partial charge on any atom is -0.497 e. The van der Waals surface area contributed by atoms with Gasteiger partial charge in [-0.1, -0.05) is 12.1 Å². The molecule has 8 heteroatoms. The van der Waals surface area contributed by atoms with Crippen LogP contribution in [0.4, 0.5) is 13.2 Å². The lowest BCUT2D eigenvalue weighted by molar-refractivity contribution is -0.141. The Morgan fingerprint density at radius 3 is 2.52 bits per heavy atom. The molecule has 1 aromatic carbocycles. The predicted molar refractivity (Wildman–Crippen MR) is 92.4 cm³/mol. The van der Waals surface area contributed by atoms with Crippen LogP contribution in [0.2, 0.25) is 0 Å². The maximum atomic E-state index is 13.0. The molecule has 0 spiro atoms. The zero-order valence-corrected chi connectivity index (χ0v) is 14.8. The number of amides is 1. The van der Waals surface area contributed by atoms with E-state index in [2.05, 4.69) is 15.3 Å². The van der Waals surface area contributed by atoms with Crippen LogP contribution in [0.15, 0.2) is 30.3 Å². The van der Waals surface area contributed by atoms with Crippen LogP contribution in [0.3, 0.4) is 0 Å². The number of nitrogens with one attached hydrogen (secondary N) is 1. The van der Waals surface area contributed by atoms with E-state index in [0.29, 0.717) is 11.4 Å². The summed E-state index contributed by atoms with van der Waals surface area (Å²) in [5.74, 6) is 0.691. The first-order valence-corrected chi connectivity index (χ1v) is 8.70. The summed E-state index contributed by atoms with van der Waals surface area (Å²) < 4.78 is 44.1. The molecule has 1 fully saturated rings. The first-order chi connectivity index (χ1) is 12.8. The highest BCUT2D eigenvalue weighted by Crippen LogP contribution is 2.40. The van der Waals surface area contributed by atoms with Crippen molar-refractivity contribution >= 4 is 5.91 Å². The van der Waals surface area contributed by atoms with Crippen LogP contribution in [-0.4, -0.2) is 29.5 Å². The molecule has 27 heavy (non-hydrogen) atoms. The van der Waals surface area contributed by atoms with Crippen molar-refractivity contribution < 1.29 is 22.7 Å². The molecular formula is C19H20F3N3O2. The third kappa shape index (κ3) is 5.42. The van der Waals surface area contributed by atoms with E-state index in [-0.39, 0.29) is 37.0 Å². The number of hydrogen-bond acceptors (Lipinski definition) is 4. The largest absolute Gasteiger partial charge is 0.497 e. The van der Waals surface area contributed by atoms with Gasteiger partial charge in [0.05, 0.1) is 13.5 Å². The Morgan fingerprint density at radius 1 is 1.22 bits per heavy atom. The van der Waals surface area contributed by atoms with Gasteiger partial charge in [0.1, 0.15) is 17.3 Å². The minimum atomic E-state index is -4.50. The van der Waals surface area contributed by atoms with E-state index < -0.39 is 11.9 Å². The molecule has 1 aliphatic rings. The van der Waals surface area contributed by atoms with Gasteiger partial charge in [0.15, 0.2) is 0 Å². The molecule has 1 heterocycles. The molecule has 1 saturated carbocycles. The van der Waals surface area contributed by atoms with E-state index in [9.17, 15) is 18.0 Å². The molecule has 5 nitrogen and oxygen atoms in total. The van der Waals surface area contributed by atoms with Crippen LogP contribution in [0.1, 0.15) is 41.5 Å². The summed E-state index contributed by atoms with van der Waals surface area (Å²) in [7, 11) is 1.56. The van der Waals surface area contributed by atoms with Gasteiger partial charge in [-0.15, -0.1) is 0 Å². The smallest absolute Gasteiger partial charge is 0.433 e. The van der Waals surface area contributed by atoms with E-state index in [0.717, 1.165) is 24.5 Å². The molecule has 1 N–H and O–H groups in total. The zero-order valence-electron chi connectivity index (χ0n) is 14.8. The van der Waals surface area contributed by atoms with Crippen LogP contribution >= 0.6 is 0 Å². The number of hydrogen-bond donors (Lipinski definition) is 1. The van der Waals surface area contributed by atoms with Gasteiger partial charge in [-0.25, -0.2) is 9.97 Å². The molecule has 1 aromatic heterocycles. The average molecular weight is 379 g/mol. The fourth-order valence-corrected chi connectivity index (χ4v) is 2.67. The summed E-state index contributed by atoms with van der Waals surface area (Å²) in [6.45, 7) is 0.181. The third-order valence-corrected chi connectivity index (χ3v) is 4.27. The SMILES string of the molecule is COc1ccc(CC(=O)NCCc2nc(C3CC3)cc(C(F)(F)F)n2)cc1. The van der Waals surface area contributed by atoms with Crippen molar-refractivity contribution in [2.24, 2.45) is 0 Å². The van der Waals surface area contributed by atoms with E-state index in [1.165, 1.54) is 0 Å². The number of nitrogens with zero attached hydrogens (tertiary/aromatic N) is 2. The predicted octanol–water partition coefficient (Wildman–Crippen LogP) is 3.28. The lowest BCUT2D eigenvalue weighted by Crippen LogP contribution is -2.28. The monoisotopic (exact) mass is 379 g/mol. The number of ether oxygens (including phenoxy) is 1. The van der Waals surface area contributed by atoms with Gasteiger partial charge in [0.2, 0.25) is 5.91 Å². The maximum Gasteiger partial charge on any atom is 0.433 e.